The highest BCUT2D eigenvalue weighted by Crippen LogP contribution is 2.29. The molecule has 0 aromatic heterocycles. The summed E-state index contributed by atoms with van der Waals surface area (Å²) in [5, 5.41) is 9.25. The number of hydrogen-bond acceptors (Lipinski definition) is 3. The number of amides is 1. The second-order valence-electron chi connectivity index (χ2n) is 6.02. The average Bonchev–Trinajstić information content (AvgIpc) is 2.59. The van der Waals surface area contributed by atoms with Crippen molar-refractivity contribution in [1.29, 1.82) is 0 Å². The van der Waals surface area contributed by atoms with E-state index < -0.39 is 17.8 Å². The molecule has 0 bridgehead atoms. The maximum Gasteiger partial charge on any atom is 0.309 e. The molecule has 0 saturated heterocycles. The fraction of sp³-hybridized carbons (Fsp3) is 0.300. The van der Waals surface area contributed by atoms with Gasteiger partial charge in [-0.1, -0.05) is 43.7 Å². The first-order valence-electron chi connectivity index (χ1n) is 8.29. The minimum Gasteiger partial charge on any atom is -0.492 e. The largest absolute Gasteiger partial charge is 0.492 e. The highest BCUT2D eigenvalue weighted by atomic mass is 16.5. The summed E-state index contributed by atoms with van der Waals surface area (Å²) in [6, 6.07) is 12.7. The van der Waals surface area contributed by atoms with Crippen LogP contribution in [0, 0.1) is 12.8 Å². The molecule has 2 aromatic rings. The van der Waals surface area contributed by atoms with E-state index in [0.29, 0.717) is 17.7 Å². The van der Waals surface area contributed by atoms with Crippen molar-refractivity contribution >= 4 is 11.9 Å². The zero-order valence-electron chi connectivity index (χ0n) is 14.5. The molecule has 3 N–H and O–H groups in total. The number of carboxylic acids is 1. The Balaban J connectivity index is 2.29. The van der Waals surface area contributed by atoms with Crippen molar-refractivity contribution in [3.05, 3.63) is 53.6 Å². The smallest absolute Gasteiger partial charge is 0.309 e. The fourth-order valence-corrected chi connectivity index (χ4v) is 2.69. The Morgan fingerprint density at radius 1 is 1.20 bits per heavy atom. The third kappa shape index (κ3) is 4.59. The van der Waals surface area contributed by atoms with E-state index in [9.17, 15) is 14.7 Å². The van der Waals surface area contributed by atoms with Gasteiger partial charge in [-0.15, -0.1) is 0 Å². The van der Waals surface area contributed by atoms with Gasteiger partial charge in [0, 0.05) is 5.56 Å². The number of aliphatic carboxylic acids is 1. The standard InChI is InChI=1S/C20H23NO4/c1-3-6-15(20(23)24)12-25-18-11-14(10-9-13(18)2)16-7-4-5-8-17(16)19(21)22/h4-5,7-11,15H,3,6,12H2,1-2H3,(H2,21,22)(H,23,24). The molecule has 2 aromatic carbocycles. The molecule has 1 amide bonds. The number of aryl methyl sites for hydroxylation is 1. The van der Waals surface area contributed by atoms with Gasteiger partial charge >= 0.3 is 5.97 Å². The number of carbonyl (C=O) groups is 2. The summed E-state index contributed by atoms with van der Waals surface area (Å²) in [6.07, 6.45) is 1.35. The Hall–Kier alpha value is -2.82. The molecule has 2 rings (SSSR count). The summed E-state index contributed by atoms with van der Waals surface area (Å²) in [6.45, 7) is 3.96. The van der Waals surface area contributed by atoms with Crippen LogP contribution in [0.5, 0.6) is 5.75 Å². The van der Waals surface area contributed by atoms with E-state index in [1.54, 1.807) is 12.1 Å². The van der Waals surface area contributed by atoms with Crippen LogP contribution in [0.4, 0.5) is 0 Å². The lowest BCUT2D eigenvalue weighted by Gasteiger charge is -2.16. The lowest BCUT2D eigenvalue weighted by Crippen LogP contribution is -2.21. The first kappa shape index (κ1) is 18.5. The normalized spacial score (nSPS) is 11.8. The molecule has 0 radical (unpaired) electrons. The van der Waals surface area contributed by atoms with E-state index in [1.807, 2.05) is 44.2 Å². The molecule has 132 valence electrons. The van der Waals surface area contributed by atoms with E-state index in [-0.39, 0.29) is 6.61 Å². The van der Waals surface area contributed by atoms with Crippen molar-refractivity contribution < 1.29 is 19.4 Å². The van der Waals surface area contributed by atoms with Crippen molar-refractivity contribution in [1.82, 2.24) is 0 Å². The van der Waals surface area contributed by atoms with Gasteiger partial charge in [0.05, 0.1) is 5.92 Å². The number of carbonyl (C=O) groups excluding carboxylic acids is 1. The first-order valence-corrected chi connectivity index (χ1v) is 8.29. The molecule has 0 aliphatic heterocycles. The van der Waals surface area contributed by atoms with E-state index in [0.717, 1.165) is 23.1 Å². The predicted molar refractivity (Wildman–Crippen MR) is 96.7 cm³/mol. The maximum absolute atomic E-state index is 11.6. The van der Waals surface area contributed by atoms with Gasteiger partial charge in [-0.05, 0) is 42.2 Å². The zero-order valence-corrected chi connectivity index (χ0v) is 14.5. The van der Waals surface area contributed by atoms with Crippen molar-refractivity contribution in [3.8, 4) is 16.9 Å². The first-order chi connectivity index (χ1) is 11.9. The minimum absolute atomic E-state index is 0.116. The van der Waals surface area contributed by atoms with Gasteiger partial charge in [-0.25, -0.2) is 0 Å². The number of benzene rings is 2. The van der Waals surface area contributed by atoms with Crippen LogP contribution < -0.4 is 10.5 Å². The Kier molecular flexibility index (Phi) is 6.17. The van der Waals surface area contributed by atoms with Crippen LogP contribution in [0.2, 0.25) is 0 Å². The molecule has 0 fully saturated rings. The Morgan fingerprint density at radius 2 is 1.92 bits per heavy atom. The number of hydrogen-bond donors (Lipinski definition) is 2. The Labute approximate surface area is 147 Å². The molecule has 5 nitrogen and oxygen atoms in total. The van der Waals surface area contributed by atoms with Crippen LogP contribution in [0.15, 0.2) is 42.5 Å². The average molecular weight is 341 g/mol. The van der Waals surface area contributed by atoms with Crippen molar-refractivity contribution in [2.24, 2.45) is 11.7 Å². The second-order valence-corrected chi connectivity index (χ2v) is 6.02. The number of carboxylic acid groups (broad SMARTS) is 1. The van der Waals surface area contributed by atoms with Crippen LogP contribution in [0.25, 0.3) is 11.1 Å². The number of nitrogens with two attached hydrogens (primary N) is 1. The summed E-state index contributed by atoms with van der Waals surface area (Å²) in [5.41, 5.74) is 8.32. The minimum atomic E-state index is -0.852. The topological polar surface area (TPSA) is 89.6 Å². The van der Waals surface area contributed by atoms with E-state index in [4.69, 9.17) is 10.5 Å². The third-order valence-electron chi connectivity index (χ3n) is 4.12. The highest BCUT2D eigenvalue weighted by Gasteiger charge is 2.18. The number of ether oxygens (including phenoxy) is 1. The number of rotatable bonds is 8. The Bertz CT molecular complexity index is 770. The molecule has 5 heteroatoms. The monoisotopic (exact) mass is 341 g/mol. The van der Waals surface area contributed by atoms with Crippen molar-refractivity contribution in [2.45, 2.75) is 26.7 Å². The summed E-state index contributed by atoms with van der Waals surface area (Å²) in [7, 11) is 0. The lowest BCUT2D eigenvalue weighted by atomic mass is 9.98. The molecular weight excluding hydrogens is 318 g/mol. The van der Waals surface area contributed by atoms with Gasteiger partial charge in [0.1, 0.15) is 12.4 Å². The molecule has 1 unspecified atom stereocenters. The van der Waals surface area contributed by atoms with Crippen LogP contribution in [0.1, 0.15) is 35.7 Å². The van der Waals surface area contributed by atoms with Crippen molar-refractivity contribution in [3.63, 3.8) is 0 Å². The predicted octanol–water partition coefficient (Wildman–Crippen LogP) is 3.64. The van der Waals surface area contributed by atoms with Gasteiger partial charge in [0.25, 0.3) is 0 Å². The van der Waals surface area contributed by atoms with Crippen LogP contribution in [-0.2, 0) is 4.79 Å². The second kappa shape index (κ2) is 8.33. The molecule has 0 spiro atoms. The summed E-state index contributed by atoms with van der Waals surface area (Å²) < 4.78 is 5.78. The summed E-state index contributed by atoms with van der Waals surface area (Å²) in [5.74, 6) is -1.27. The zero-order chi connectivity index (χ0) is 18.4. The maximum atomic E-state index is 11.6. The Morgan fingerprint density at radius 3 is 2.56 bits per heavy atom. The SMILES string of the molecule is CCCC(COc1cc(-c2ccccc2C(N)=O)ccc1C)C(=O)O. The third-order valence-corrected chi connectivity index (χ3v) is 4.12. The quantitative estimate of drug-likeness (QED) is 0.767. The van der Waals surface area contributed by atoms with Crippen LogP contribution in [-0.4, -0.2) is 23.6 Å². The summed E-state index contributed by atoms with van der Waals surface area (Å²) in [4.78, 5) is 22.9. The van der Waals surface area contributed by atoms with E-state index >= 15 is 0 Å². The molecule has 0 aliphatic rings. The molecule has 1 atom stereocenters. The molecule has 0 heterocycles. The van der Waals surface area contributed by atoms with Gasteiger partial charge in [-0.3, -0.25) is 9.59 Å². The van der Waals surface area contributed by atoms with Gasteiger partial charge in [0.15, 0.2) is 0 Å². The van der Waals surface area contributed by atoms with Gasteiger partial charge in [0.2, 0.25) is 5.91 Å². The highest BCUT2D eigenvalue weighted by molar-refractivity contribution is 5.99. The molecule has 25 heavy (non-hydrogen) atoms. The van der Waals surface area contributed by atoms with Gasteiger partial charge < -0.3 is 15.6 Å². The fourth-order valence-electron chi connectivity index (χ4n) is 2.69. The number of primary amides is 1. The van der Waals surface area contributed by atoms with Gasteiger partial charge in [-0.2, -0.15) is 0 Å². The van der Waals surface area contributed by atoms with Crippen LogP contribution >= 0.6 is 0 Å². The molecule has 0 aliphatic carbocycles. The summed E-state index contributed by atoms with van der Waals surface area (Å²) >= 11 is 0. The lowest BCUT2D eigenvalue weighted by molar-refractivity contribution is -0.143. The van der Waals surface area contributed by atoms with Crippen molar-refractivity contribution in [2.75, 3.05) is 6.61 Å². The van der Waals surface area contributed by atoms with Crippen LogP contribution in [0.3, 0.4) is 0 Å². The molecule has 0 saturated carbocycles. The van der Waals surface area contributed by atoms with E-state index in [1.165, 1.54) is 0 Å². The van der Waals surface area contributed by atoms with E-state index in [2.05, 4.69) is 0 Å². The molecular formula is C20H23NO4.